The van der Waals surface area contributed by atoms with Crippen LogP contribution in [0.3, 0.4) is 0 Å². The van der Waals surface area contributed by atoms with Crippen LogP contribution in [0.5, 0.6) is 0 Å². The van der Waals surface area contributed by atoms with E-state index in [2.05, 4.69) is 17.1 Å². The summed E-state index contributed by atoms with van der Waals surface area (Å²) in [5.74, 6) is 1.67. The molecule has 0 bridgehead atoms. The van der Waals surface area contributed by atoms with Gasteiger partial charge < -0.3 is 9.73 Å². The molecule has 0 unspecified atom stereocenters. The molecule has 1 aliphatic heterocycles. The molecule has 2 aromatic rings. The predicted octanol–water partition coefficient (Wildman–Crippen LogP) is 4.83. The number of likely N-dealkylation sites (tertiary alicyclic amines) is 1. The van der Waals surface area contributed by atoms with E-state index in [-0.39, 0.29) is 0 Å². The summed E-state index contributed by atoms with van der Waals surface area (Å²) in [7, 11) is 0. The number of nitrogens with zero attached hydrogens (tertiary/aromatic N) is 1. The maximum absolute atomic E-state index is 6.22. The minimum absolute atomic E-state index is 0.646. The number of nitrogens with one attached hydrogen (secondary N) is 1. The van der Waals surface area contributed by atoms with Gasteiger partial charge in [-0.25, -0.2) is 0 Å². The van der Waals surface area contributed by atoms with E-state index < -0.39 is 0 Å². The molecule has 1 saturated heterocycles. The van der Waals surface area contributed by atoms with Crippen molar-refractivity contribution in [3.8, 4) is 11.3 Å². The van der Waals surface area contributed by atoms with Gasteiger partial charge in [0.25, 0.3) is 0 Å². The summed E-state index contributed by atoms with van der Waals surface area (Å²) in [6.45, 7) is 6.31. The summed E-state index contributed by atoms with van der Waals surface area (Å²) in [5, 5.41) is 4.80. The highest BCUT2D eigenvalue weighted by Gasteiger charge is 2.22. The van der Waals surface area contributed by atoms with Crippen molar-refractivity contribution in [1.29, 1.82) is 0 Å². The molecule has 1 aromatic carbocycles. The average Bonchev–Trinajstić information content (AvgIpc) is 3.19. The molecule has 23 heavy (non-hydrogen) atoms. The Morgan fingerprint density at radius 3 is 2.96 bits per heavy atom. The number of benzene rings is 1. The van der Waals surface area contributed by atoms with Crippen molar-refractivity contribution in [2.45, 2.75) is 32.4 Å². The van der Waals surface area contributed by atoms with Gasteiger partial charge in [0.2, 0.25) is 0 Å². The molecular weight excluding hydrogens is 331 g/mol. The number of furan rings is 1. The average molecular weight is 353 g/mol. The third-order valence-corrected chi connectivity index (χ3v) is 5.00. The molecule has 0 spiro atoms. The van der Waals surface area contributed by atoms with Gasteiger partial charge in [0.1, 0.15) is 11.5 Å². The van der Waals surface area contributed by atoms with Crippen molar-refractivity contribution in [1.82, 2.24) is 10.2 Å². The lowest BCUT2D eigenvalue weighted by molar-refractivity contribution is 0.258. The Labute approximate surface area is 147 Å². The topological polar surface area (TPSA) is 28.4 Å². The molecule has 1 fully saturated rings. The van der Waals surface area contributed by atoms with Crippen LogP contribution in [-0.2, 0) is 6.54 Å². The van der Waals surface area contributed by atoms with E-state index in [1.807, 2.05) is 18.2 Å². The van der Waals surface area contributed by atoms with Crippen molar-refractivity contribution >= 4 is 23.2 Å². The van der Waals surface area contributed by atoms with Crippen LogP contribution in [-0.4, -0.2) is 30.6 Å². The van der Waals surface area contributed by atoms with Gasteiger partial charge in [0.05, 0.1) is 11.6 Å². The van der Waals surface area contributed by atoms with Crippen molar-refractivity contribution in [2.75, 3.05) is 19.6 Å². The molecule has 1 aliphatic rings. The number of hydrogen-bond donors (Lipinski definition) is 1. The Balaban J connectivity index is 1.58. The molecule has 1 atom stereocenters. The predicted molar refractivity (Wildman–Crippen MR) is 96.1 cm³/mol. The van der Waals surface area contributed by atoms with E-state index in [0.29, 0.717) is 16.1 Å². The fourth-order valence-corrected chi connectivity index (χ4v) is 3.59. The molecule has 0 aliphatic carbocycles. The van der Waals surface area contributed by atoms with E-state index in [1.54, 1.807) is 12.1 Å². The highest BCUT2D eigenvalue weighted by atomic mass is 35.5. The van der Waals surface area contributed by atoms with Gasteiger partial charge in [-0.05, 0) is 56.3 Å². The van der Waals surface area contributed by atoms with Crippen molar-refractivity contribution < 1.29 is 4.42 Å². The summed E-state index contributed by atoms with van der Waals surface area (Å²) in [6.07, 6.45) is 2.58. The first-order valence-electron chi connectivity index (χ1n) is 8.16. The minimum atomic E-state index is 0.646. The zero-order valence-electron chi connectivity index (χ0n) is 13.3. The summed E-state index contributed by atoms with van der Waals surface area (Å²) in [4.78, 5) is 2.53. The lowest BCUT2D eigenvalue weighted by Gasteiger charge is -2.22. The minimum Gasteiger partial charge on any atom is -0.460 e. The summed E-state index contributed by atoms with van der Waals surface area (Å²) >= 11 is 12.3. The van der Waals surface area contributed by atoms with Crippen LogP contribution in [0, 0.1) is 0 Å². The van der Waals surface area contributed by atoms with Crippen LogP contribution in [0.2, 0.25) is 10.0 Å². The van der Waals surface area contributed by atoms with Crippen LogP contribution in [0.25, 0.3) is 11.3 Å². The second-order valence-corrected chi connectivity index (χ2v) is 6.79. The molecule has 5 heteroatoms. The van der Waals surface area contributed by atoms with E-state index in [9.17, 15) is 0 Å². The van der Waals surface area contributed by atoms with Gasteiger partial charge in [-0.15, -0.1) is 0 Å². The van der Waals surface area contributed by atoms with Crippen LogP contribution < -0.4 is 5.32 Å². The summed E-state index contributed by atoms with van der Waals surface area (Å²) in [5.41, 5.74) is 0.832. The molecule has 3 nitrogen and oxygen atoms in total. The molecule has 2 heterocycles. The molecule has 0 radical (unpaired) electrons. The van der Waals surface area contributed by atoms with Crippen molar-refractivity contribution in [3.63, 3.8) is 0 Å². The Morgan fingerprint density at radius 1 is 1.26 bits per heavy atom. The number of rotatable bonds is 6. The van der Waals surface area contributed by atoms with Crippen LogP contribution in [0.1, 0.15) is 25.5 Å². The number of hydrogen-bond acceptors (Lipinski definition) is 3. The maximum atomic E-state index is 6.22. The zero-order valence-corrected chi connectivity index (χ0v) is 14.8. The van der Waals surface area contributed by atoms with Crippen LogP contribution in [0.15, 0.2) is 34.7 Å². The number of likely N-dealkylation sites (N-methyl/N-ethyl adjacent to an activating group) is 1. The third-order valence-electron chi connectivity index (χ3n) is 4.44. The largest absolute Gasteiger partial charge is 0.460 e. The van der Waals surface area contributed by atoms with Gasteiger partial charge in [-0.1, -0.05) is 30.1 Å². The number of halogens is 2. The smallest absolute Gasteiger partial charge is 0.135 e. The lowest BCUT2D eigenvalue weighted by Crippen LogP contribution is -2.37. The lowest BCUT2D eigenvalue weighted by atomic mass is 10.2. The van der Waals surface area contributed by atoms with E-state index in [4.69, 9.17) is 27.6 Å². The molecule has 1 aromatic heterocycles. The molecule has 1 N–H and O–H groups in total. The normalized spacial score (nSPS) is 18.7. The Bertz CT molecular complexity index is 656. The first-order valence-corrected chi connectivity index (χ1v) is 8.92. The SMILES string of the molecule is CCN1CCC[C@@H]1CNCc1ccc(-c2cc(Cl)ccc2Cl)o1. The molecular formula is C18H22Cl2N2O. The standard InChI is InChI=1S/C18H22Cl2N2O/c1-2-22-9-3-4-14(22)11-21-12-15-6-8-18(23-15)16-10-13(19)5-7-17(16)20/h5-8,10,14,21H,2-4,9,11-12H2,1H3/t14-/m1/s1. The third kappa shape index (κ3) is 4.10. The fourth-order valence-electron chi connectivity index (χ4n) is 3.21. The Hall–Kier alpha value is -1.00. The van der Waals surface area contributed by atoms with Gasteiger partial charge in [0, 0.05) is 23.2 Å². The van der Waals surface area contributed by atoms with Crippen LogP contribution in [0.4, 0.5) is 0 Å². The molecule has 124 valence electrons. The first-order chi connectivity index (χ1) is 11.2. The Morgan fingerprint density at radius 2 is 2.13 bits per heavy atom. The highest BCUT2D eigenvalue weighted by molar-refractivity contribution is 6.35. The van der Waals surface area contributed by atoms with Gasteiger partial charge >= 0.3 is 0 Å². The molecule has 3 rings (SSSR count). The summed E-state index contributed by atoms with van der Waals surface area (Å²) in [6, 6.07) is 9.99. The monoisotopic (exact) mass is 352 g/mol. The maximum Gasteiger partial charge on any atom is 0.135 e. The molecule has 0 saturated carbocycles. The van der Waals surface area contributed by atoms with E-state index in [0.717, 1.165) is 36.7 Å². The highest BCUT2D eigenvalue weighted by Crippen LogP contribution is 2.31. The zero-order chi connectivity index (χ0) is 16.2. The van der Waals surface area contributed by atoms with Gasteiger partial charge in [0.15, 0.2) is 0 Å². The second kappa shape index (κ2) is 7.71. The molecule has 0 amide bonds. The van der Waals surface area contributed by atoms with Crippen molar-refractivity contribution in [2.24, 2.45) is 0 Å². The van der Waals surface area contributed by atoms with E-state index in [1.165, 1.54) is 19.4 Å². The summed E-state index contributed by atoms with van der Waals surface area (Å²) < 4.78 is 5.90. The Kier molecular flexibility index (Phi) is 5.65. The van der Waals surface area contributed by atoms with Crippen molar-refractivity contribution in [3.05, 3.63) is 46.1 Å². The van der Waals surface area contributed by atoms with Gasteiger partial charge in [-0.3, -0.25) is 4.90 Å². The second-order valence-electron chi connectivity index (χ2n) is 5.95. The van der Waals surface area contributed by atoms with Crippen LogP contribution >= 0.6 is 23.2 Å². The van der Waals surface area contributed by atoms with E-state index >= 15 is 0 Å². The quantitative estimate of drug-likeness (QED) is 0.807. The first kappa shape index (κ1) is 16.8. The fraction of sp³-hybridized carbons (Fsp3) is 0.444. The van der Waals surface area contributed by atoms with Gasteiger partial charge in [-0.2, -0.15) is 0 Å².